The lowest BCUT2D eigenvalue weighted by Crippen LogP contribution is -2.34. The maximum absolute atomic E-state index is 12.6. The fourth-order valence-electron chi connectivity index (χ4n) is 3.60. The molecule has 6 nitrogen and oxygen atoms in total. The van der Waals surface area contributed by atoms with Crippen LogP contribution in [-0.2, 0) is 13.0 Å². The summed E-state index contributed by atoms with van der Waals surface area (Å²) in [5.74, 6) is 1.08. The number of anilines is 1. The minimum absolute atomic E-state index is 0.0159. The molecule has 1 aromatic heterocycles. The van der Waals surface area contributed by atoms with Gasteiger partial charge in [-0.15, -0.1) is 10.2 Å². The highest BCUT2D eigenvalue weighted by molar-refractivity contribution is 5.97. The first-order chi connectivity index (χ1) is 13.6. The lowest BCUT2D eigenvalue weighted by Gasteiger charge is -2.31. The average molecular weight is 376 g/mol. The predicted molar refractivity (Wildman–Crippen MR) is 108 cm³/mol. The zero-order valence-electron chi connectivity index (χ0n) is 16.2. The smallest absolute Gasteiger partial charge is 0.251 e. The molecule has 0 fully saturated rings. The van der Waals surface area contributed by atoms with E-state index in [0.717, 1.165) is 41.8 Å². The van der Waals surface area contributed by atoms with Gasteiger partial charge in [-0.25, -0.2) is 0 Å². The van der Waals surface area contributed by atoms with E-state index in [2.05, 4.69) is 26.5 Å². The Balaban J connectivity index is 1.57. The van der Waals surface area contributed by atoms with Gasteiger partial charge in [0.25, 0.3) is 5.91 Å². The van der Waals surface area contributed by atoms with E-state index in [1.165, 1.54) is 0 Å². The lowest BCUT2D eigenvalue weighted by molar-refractivity contribution is 0.0942. The van der Waals surface area contributed by atoms with Gasteiger partial charge in [0.15, 0.2) is 0 Å². The van der Waals surface area contributed by atoms with Crippen molar-refractivity contribution in [3.05, 3.63) is 65.5 Å². The lowest BCUT2D eigenvalue weighted by atomic mass is 9.95. The molecule has 3 aromatic rings. The van der Waals surface area contributed by atoms with E-state index in [4.69, 9.17) is 4.42 Å². The van der Waals surface area contributed by atoms with Crippen molar-refractivity contribution in [3.8, 4) is 11.5 Å². The number of carbonyl (C=O) groups is 1. The summed E-state index contributed by atoms with van der Waals surface area (Å²) in [4.78, 5) is 14.8. The highest BCUT2D eigenvalue weighted by atomic mass is 16.4. The zero-order valence-corrected chi connectivity index (χ0v) is 16.2. The van der Waals surface area contributed by atoms with Crippen LogP contribution in [0, 0.1) is 0 Å². The van der Waals surface area contributed by atoms with Crippen LogP contribution < -0.4 is 10.2 Å². The van der Waals surface area contributed by atoms with Crippen LogP contribution in [0.15, 0.2) is 52.9 Å². The van der Waals surface area contributed by atoms with Crippen molar-refractivity contribution in [1.29, 1.82) is 0 Å². The van der Waals surface area contributed by atoms with E-state index in [1.807, 2.05) is 56.3 Å². The van der Waals surface area contributed by atoms with E-state index in [9.17, 15) is 4.79 Å². The molecule has 4 rings (SSSR count). The van der Waals surface area contributed by atoms with Crippen LogP contribution in [-0.4, -0.2) is 28.7 Å². The van der Waals surface area contributed by atoms with Gasteiger partial charge >= 0.3 is 0 Å². The first-order valence-electron chi connectivity index (χ1n) is 9.67. The molecule has 2 aromatic carbocycles. The summed E-state index contributed by atoms with van der Waals surface area (Å²) in [6.45, 7) is 5.37. The standard InChI is InChI=1S/C22H24N4O2/c1-15(2)23-21(27)18-10-6-12-19-17(18)11-7-13-26(19)14-20-24-25-22(28-20)16-8-4-3-5-9-16/h3-6,8-10,12,15H,7,11,13-14H2,1-2H3,(H,23,27). The Morgan fingerprint density at radius 3 is 2.75 bits per heavy atom. The summed E-state index contributed by atoms with van der Waals surface area (Å²) in [7, 11) is 0. The minimum Gasteiger partial charge on any atom is -0.419 e. The minimum atomic E-state index is -0.0159. The normalized spacial score (nSPS) is 13.5. The van der Waals surface area contributed by atoms with Crippen molar-refractivity contribution in [1.82, 2.24) is 15.5 Å². The molecule has 1 aliphatic heterocycles. The average Bonchev–Trinajstić information content (AvgIpc) is 3.16. The second-order valence-corrected chi connectivity index (χ2v) is 7.32. The SMILES string of the molecule is CC(C)NC(=O)c1cccc2c1CCCN2Cc1nnc(-c2ccccc2)o1. The molecule has 2 heterocycles. The number of carbonyl (C=O) groups excluding carboxylic acids is 1. The molecule has 0 bridgehead atoms. The van der Waals surface area contributed by atoms with Gasteiger partial charge in [0.1, 0.15) is 0 Å². The van der Waals surface area contributed by atoms with Crippen molar-refractivity contribution in [3.63, 3.8) is 0 Å². The molecule has 0 unspecified atom stereocenters. The molecule has 6 heteroatoms. The molecule has 0 radical (unpaired) electrons. The molecule has 1 aliphatic rings. The molecule has 0 atom stereocenters. The van der Waals surface area contributed by atoms with Crippen molar-refractivity contribution in [2.45, 2.75) is 39.3 Å². The van der Waals surface area contributed by atoms with Crippen LogP contribution in [0.3, 0.4) is 0 Å². The van der Waals surface area contributed by atoms with E-state index >= 15 is 0 Å². The number of nitrogens with zero attached hydrogens (tertiary/aromatic N) is 3. The van der Waals surface area contributed by atoms with Crippen LogP contribution in [0.2, 0.25) is 0 Å². The summed E-state index contributed by atoms with van der Waals surface area (Å²) in [5, 5.41) is 11.4. The van der Waals surface area contributed by atoms with Crippen LogP contribution in [0.5, 0.6) is 0 Å². The third-order valence-electron chi connectivity index (χ3n) is 4.82. The zero-order chi connectivity index (χ0) is 19.5. The number of aromatic nitrogens is 2. The van der Waals surface area contributed by atoms with E-state index in [-0.39, 0.29) is 11.9 Å². The van der Waals surface area contributed by atoms with Gasteiger partial charge in [-0.05, 0) is 56.5 Å². The molecule has 1 N–H and O–H groups in total. The van der Waals surface area contributed by atoms with Crippen LogP contribution in [0.25, 0.3) is 11.5 Å². The first kappa shape index (κ1) is 18.2. The van der Waals surface area contributed by atoms with Gasteiger partial charge in [0, 0.05) is 29.4 Å². The number of benzene rings is 2. The largest absolute Gasteiger partial charge is 0.419 e. The summed E-state index contributed by atoms with van der Waals surface area (Å²) < 4.78 is 5.87. The quantitative estimate of drug-likeness (QED) is 0.733. The molecule has 1 amide bonds. The fourth-order valence-corrected chi connectivity index (χ4v) is 3.60. The molecule has 144 valence electrons. The second-order valence-electron chi connectivity index (χ2n) is 7.32. The first-order valence-corrected chi connectivity index (χ1v) is 9.67. The van der Waals surface area contributed by atoms with E-state index in [1.54, 1.807) is 0 Å². The summed E-state index contributed by atoms with van der Waals surface area (Å²) in [5.41, 5.74) is 3.83. The van der Waals surface area contributed by atoms with Crippen molar-refractivity contribution in [2.24, 2.45) is 0 Å². The van der Waals surface area contributed by atoms with Crippen molar-refractivity contribution < 1.29 is 9.21 Å². The van der Waals surface area contributed by atoms with Gasteiger partial charge in [-0.3, -0.25) is 4.79 Å². The maximum Gasteiger partial charge on any atom is 0.251 e. The Labute approximate surface area is 164 Å². The summed E-state index contributed by atoms with van der Waals surface area (Å²) >= 11 is 0. The number of rotatable bonds is 5. The van der Waals surface area contributed by atoms with Crippen LogP contribution in [0.4, 0.5) is 5.69 Å². The fraction of sp³-hybridized carbons (Fsp3) is 0.318. The Morgan fingerprint density at radius 1 is 1.14 bits per heavy atom. The predicted octanol–water partition coefficient (Wildman–Crippen LogP) is 3.83. The molecular weight excluding hydrogens is 352 g/mol. The number of amides is 1. The molecule has 0 spiro atoms. The number of nitrogens with one attached hydrogen (secondary N) is 1. The molecule has 28 heavy (non-hydrogen) atoms. The van der Waals surface area contributed by atoms with Gasteiger partial charge in [0.05, 0.1) is 6.54 Å². The summed E-state index contributed by atoms with van der Waals surface area (Å²) in [6, 6.07) is 15.8. The third-order valence-corrected chi connectivity index (χ3v) is 4.82. The monoisotopic (exact) mass is 376 g/mol. The van der Waals surface area contributed by atoms with Crippen LogP contribution >= 0.6 is 0 Å². The molecule has 0 aliphatic carbocycles. The molecule has 0 saturated heterocycles. The Hall–Kier alpha value is -3.15. The Morgan fingerprint density at radius 2 is 1.96 bits per heavy atom. The second kappa shape index (κ2) is 7.84. The van der Waals surface area contributed by atoms with Crippen LogP contribution in [0.1, 0.15) is 42.1 Å². The Bertz CT molecular complexity index is 966. The highest BCUT2D eigenvalue weighted by Crippen LogP contribution is 2.31. The van der Waals surface area contributed by atoms with Crippen molar-refractivity contribution >= 4 is 11.6 Å². The van der Waals surface area contributed by atoms with Gasteiger partial charge in [0.2, 0.25) is 11.8 Å². The Kier molecular flexibility index (Phi) is 5.10. The summed E-state index contributed by atoms with van der Waals surface area (Å²) in [6.07, 6.45) is 1.88. The van der Waals surface area contributed by atoms with Gasteiger partial charge in [-0.2, -0.15) is 0 Å². The number of hydrogen-bond acceptors (Lipinski definition) is 5. The van der Waals surface area contributed by atoms with E-state index < -0.39 is 0 Å². The molecular formula is C22H24N4O2. The van der Waals surface area contributed by atoms with E-state index in [0.29, 0.717) is 18.3 Å². The van der Waals surface area contributed by atoms with Gasteiger partial charge in [-0.1, -0.05) is 24.3 Å². The number of fused-ring (bicyclic) bond motifs is 1. The van der Waals surface area contributed by atoms with Gasteiger partial charge < -0.3 is 14.6 Å². The topological polar surface area (TPSA) is 71.3 Å². The molecule has 0 saturated carbocycles. The third kappa shape index (κ3) is 3.76. The van der Waals surface area contributed by atoms with Crippen molar-refractivity contribution in [2.75, 3.05) is 11.4 Å². The maximum atomic E-state index is 12.6. The number of hydrogen-bond donors (Lipinski definition) is 1. The highest BCUT2D eigenvalue weighted by Gasteiger charge is 2.24.